The lowest BCUT2D eigenvalue weighted by Crippen LogP contribution is -2.59. The number of benzene rings is 1. The highest BCUT2D eigenvalue weighted by molar-refractivity contribution is 5.87. The van der Waals surface area contributed by atoms with Gasteiger partial charge in [-0.05, 0) is 74.2 Å². The molecule has 0 aromatic heterocycles. The summed E-state index contributed by atoms with van der Waals surface area (Å²) in [7, 11) is 0. The Balaban J connectivity index is 1.44. The van der Waals surface area contributed by atoms with Crippen LogP contribution < -0.4 is 16.4 Å². The van der Waals surface area contributed by atoms with Gasteiger partial charge in [-0.25, -0.2) is 4.79 Å². The van der Waals surface area contributed by atoms with E-state index in [2.05, 4.69) is 17.6 Å². The van der Waals surface area contributed by atoms with Gasteiger partial charge in [0.05, 0.1) is 0 Å². The Morgan fingerprint density at radius 3 is 2.11 bits per heavy atom. The van der Waals surface area contributed by atoms with Crippen LogP contribution >= 0.6 is 0 Å². The molecular weight excluding hydrogens is 338 g/mol. The Labute approximate surface area is 161 Å². The lowest BCUT2D eigenvalue weighted by molar-refractivity contribution is -0.127. The molecule has 146 valence electrons. The van der Waals surface area contributed by atoms with Crippen molar-refractivity contribution in [2.24, 2.45) is 28.9 Å². The van der Waals surface area contributed by atoms with Crippen LogP contribution in [-0.2, 0) is 11.2 Å². The first-order chi connectivity index (χ1) is 12.9. The smallest absolute Gasteiger partial charge is 0.312 e. The van der Waals surface area contributed by atoms with Gasteiger partial charge in [-0.2, -0.15) is 0 Å². The SMILES string of the molecule is C[C@@H](NC(=O)[C@@H](Cc1ccccc1)NC(N)=O)C12CC3CC(CC(C3)C1)C2. The fraction of sp³-hybridized carbons (Fsp3) is 0.636. The van der Waals surface area contributed by atoms with Gasteiger partial charge in [0, 0.05) is 12.5 Å². The average molecular weight is 370 g/mol. The monoisotopic (exact) mass is 369 g/mol. The Bertz CT molecular complexity index is 667. The molecule has 5 rings (SSSR count). The molecular formula is C22H31N3O2. The van der Waals surface area contributed by atoms with Gasteiger partial charge >= 0.3 is 6.03 Å². The molecule has 0 aliphatic heterocycles. The maximum atomic E-state index is 13.0. The predicted molar refractivity (Wildman–Crippen MR) is 105 cm³/mol. The van der Waals surface area contributed by atoms with Gasteiger partial charge < -0.3 is 16.4 Å². The molecule has 4 bridgehead atoms. The third kappa shape index (κ3) is 3.83. The van der Waals surface area contributed by atoms with Crippen LogP contribution in [0.4, 0.5) is 4.79 Å². The van der Waals surface area contributed by atoms with Gasteiger partial charge in [-0.1, -0.05) is 30.3 Å². The number of carbonyl (C=O) groups excluding carboxylic acids is 2. The van der Waals surface area contributed by atoms with Crippen molar-refractivity contribution in [1.82, 2.24) is 10.6 Å². The molecule has 0 saturated heterocycles. The average Bonchev–Trinajstić information content (AvgIpc) is 2.60. The molecule has 4 saturated carbocycles. The van der Waals surface area contributed by atoms with Crippen LogP contribution in [0.2, 0.25) is 0 Å². The number of hydrogen-bond acceptors (Lipinski definition) is 2. The number of carbonyl (C=O) groups is 2. The summed E-state index contributed by atoms with van der Waals surface area (Å²) in [6.45, 7) is 2.16. The van der Waals surface area contributed by atoms with Gasteiger partial charge in [0.2, 0.25) is 5.91 Å². The molecule has 1 aromatic rings. The molecule has 3 amide bonds. The Hall–Kier alpha value is -2.04. The van der Waals surface area contributed by atoms with Crippen molar-refractivity contribution in [3.05, 3.63) is 35.9 Å². The van der Waals surface area contributed by atoms with E-state index in [1.807, 2.05) is 30.3 Å². The Kier molecular flexibility index (Phi) is 4.87. The van der Waals surface area contributed by atoms with Crippen LogP contribution in [0.15, 0.2) is 30.3 Å². The van der Waals surface area contributed by atoms with Crippen molar-refractivity contribution in [3.8, 4) is 0 Å². The van der Waals surface area contributed by atoms with E-state index in [9.17, 15) is 9.59 Å². The third-order valence-corrected chi connectivity index (χ3v) is 7.28. The van der Waals surface area contributed by atoms with Gasteiger partial charge in [0.25, 0.3) is 0 Å². The standard InChI is InChI=1S/C22H31N3O2/c1-14(22-11-16-7-17(12-22)9-18(8-16)13-22)24-20(26)19(25-21(23)27)10-15-5-3-2-4-6-15/h2-6,14,16-19H,7-13H2,1H3,(H,24,26)(H3,23,25,27)/t14-,16?,17?,18?,19-,22?/m1/s1. The lowest BCUT2D eigenvalue weighted by Gasteiger charge is -2.59. The first kappa shape index (κ1) is 18.3. The van der Waals surface area contributed by atoms with Crippen molar-refractivity contribution >= 4 is 11.9 Å². The van der Waals surface area contributed by atoms with Gasteiger partial charge in [0.15, 0.2) is 0 Å². The number of amides is 3. The maximum absolute atomic E-state index is 13.0. The number of urea groups is 1. The third-order valence-electron chi connectivity index (χ3n) is 7.28. The zero-order chi connectivity index (χ0) is 19.0. The van der Waals surface area contributed by atoms with E-state index >= 15 is 0 Å². The minimum atomic E-state index is -0.659. The topological polar surface area (TPSA) is 84.2 Å². The molecule has 0 radical (unpaired) electrons. The Morgan fingerprint density at radius 1 is 1.04 bits per heavy atom. The molecule has 4 aliphatic carbocycles. The van der Waals surface area contributed by atoms with Crippen molar-refractivity contribution in [2.75, 3.05) is 0 Å². The van der Waals surface area contributed by atoms with Crippen molar-refractivity contribution < 1.29 is 9.59 Å². The summed E-state index contributed by atoms with van der Waals surface area (Å²) in [5.41, 5.74) is 6.58. The summed E-state index contributed by atoms with van der Waals surface area (Å²) < 4.78 is 0. The minimum Gasteiger partial charge on any atom is -0.352 e. The zero-order valence-electron chi connectivity index (χ0n) is 16.1. The van der Waals surface area contributed by atoms with Crippen LogP contribution in [-0.4, -0.2) is 24.0 Å². The second-order valence-electron chi connectivity index (χ2n) is 9.26. The van der Waals surface area contributed by atoms with Crippen LogP contribution in [0.3, 0.4) is 0 Å². The zero-order valence-corrected chi connectivity index (χ0v) is 16.1. The molecule has 0 heterocycles. The largest absolute Gasteiger partial charge is 0.352 e. The number of hydrogen-bond donors (Lipinski definition) is 3. The summed E-state index contributed by atoms with van der Waals surface area (Å²) >= 11 is 0. The van der Waals surface area contributed by atoms with Crippen LogP contribution in [0, 0.1) is 23.2 Å². The van der Waals surface area contributed by atoms with Crippen molar-refractivity contribution in [1.29, 1.82) is 0 Å². The quantitative estimate of drug-likeness (QED) is 0.720. The second-order valence-corrected chi connectivity index (χ2v) is 9.26. The maximum Gasteiger partial charge on any atom is 0.312 e. The number of nitrogens with one attached hydrogen (secondary N) is 2. The normalized spacial score (nSPS) is 33.3. The molecule has 4 N–H and O–H groups in total. The molecule has 2 atom stereocenters. The van der Waals surface area contributed by atoms with E-state index in [0.717, 1.165) is 23.3 Å². The van der Waals surface area contributed by atoms with E-state index in [0.29, 0.717) is 6.42 Å². The van der Waals surface area contributed by atoms with E-state index in [-0.39, 0.29) is 17.4 Å². The van der Waals surface area contributed by atoms with E-state index in [1.165, 1.54) is 38.5 Å². The van der Waals surface area contributed by atoms with Gasteiger partial charge in [0.1, 0.15) is 6.04 Å². The summed E-state index contributed by atoms with van der Waals surface area (Å²) in [6.07, 6.45) is 8.34. The highest BCUT2D eigenvalue weighted by Gasteiger charge is 2.53. The fourth-order valence-corrected chi connectivity index (χ4v) is 6.41. The van der Waals surface area contributed by atoms with Crippen LogP contribution in [0.25, 0.3) is 0 Å². The van der Waals surface area contributed by atoms with Gasteiger partial charge in [-0.15, -0.1) is 0 Å². The predicted octanol–water partition coefficient (Wildman–Crippen LogP) is 2.99. The molecule has 5 heteroatoms. The fourth-order valence-electron chi connectivity index (χ4n) is 6.41. The summed E-state index contributed by atoms with van der Waals surface area (Å²) in [4.78, 5) is 24.4. The summed E-state index contributed by atoms with van der Waals surface area (Å²) in [6, 6.07) is 8.58. The number of rotatable bonds is 6. The minimum absolute atomic E-state index is 0.124. The molecule has 27 heavy (non-hydrogen) atoms. The van der Waals surface area contributed by atoms with E-state index in [4.69, 9.17) is 5.73 Å². The lowest BCUT2D eigenvalue weighted by atomic mass is 9.48. The summed E-state index contributed by atoms with van der Waals surface area (Å²) in [5, 5.41) is 5.89. The molecule has 5 nitrogen and oxygen atoms in total. The first-order valence-electron chi connectivity index (χ1n) is 10.3. The van der Waals surface area contributed by atoms with Crippen LogP contribution in [0.1, 0.15) is 51.0 Å². The van der Waals surface area contributed by atoms with Gasteiger partial charge in [-0.3, -0.25) is 4.79 Å². The van der Waals surface area contributed by atoms with E-state index < -0.39 is 12.1 Å². The van der Waals surface area contributed by atoms with Crippen molar-refractivity contribution in [2.45, 2.75) is 64.0 Å². The summed E-state index contributed by atoms with van der Waals surface area (Å²) in [5.74, 6) is 2.42. The molecule has 4 aliphatic rings. The molecule has 0 spiro atoms. The second kappa shape index (κ2) is 7.17. The molecule has 1 aromatic carbocycles. The van der Waals surface area contributed by atoms with Crippen molar-refractivity contribution in [3.63, 3.8) is 0 Å². The number of nitrogens with two attached hydrogens (primary N) is 1. The van der Waals surface area contributed by atoms with E-state index in [1.54, 1.807) is 0 Å². The first-order valence-corrected chi connectivity index (χ1v) is 10.3. The molecule has 0 unspecified atom stereocenters. The highest BCUT2D eigenvalue weighted by atomic mass is 16.2. The number of primary amides is 1. The highest BCUT2D eigenvalue weighted by Crippen LogP contribution is 2.61. The Morgan fingerprint density at radius 2 is 1.59 bits per heavy atom. The molecule has 4 fully saturated rings. The van der Waals surface area contributed by atoms with Crippen LogP contribution in [0.5, 0.6) is 0 Å².